The molecule has 0 aliphatic carbocycles. The van der Waals surface area contributed by atoms with E-state index in [1.807, 2.05) is 30.3 Å². The van der Waals surface area contributed by atoms with E-state index < -0.39 is 6.10 Å². The second kappa shape index (κ2) is 6.85. The second-order valence-corrected chi connectivity index (χ2v) is 6.19. The summed E-state index contributed by atoms with van der Waals surface area (Å²) in [6.45, 7) is 1.28. The first-order valence-electron chi connectivity index (χ1n) is 7.29. The van der Waals surface area contributed by atoms with Crippen LogP contribution < -0.4 is 5.32 Å². The first kappa shape index (κ1) is 14.9. The Hall–Kier alpha value is -1.99. The van der Waals surface area contributed by atoms with Gasteiger partial charge in [-0.2, -0.15) is 0 Å². The summed E-state index contributed by atoms with van der Waals surface area (Å²) >= 11 is 1.30. The highest BCUT2D eigenvalue weighted by Gasteiger charge is 2.28. The molecule has 2 N–H and O–H groups in total. The standard InChI is InChI=1S/C15H18N4O2S/c20-13(11-4-2-1-3-5-11)12-6-8-19(9-7-12)15(21)17-14-18-16-10-22-14/h1-5,10,12-13,20H,6-9H2,(H,17,18,21)/t13-/m0/s1. The molecular weight excluding hydrogens is 300 g/mol. The summed E-state index contributed by atoms with van der Waals surface area (Å²) in [6, 6.07) is 9.55. The lowest BCUT2D eigenvalue weighted by Gasteiger charge is -2.34. The van der Waals surface area contributed by atoms with Crippen molar-refractivity contribution in [3.63, 3.8) is 0 Å². The Kier molecular flexibility index (Phi) is 4.65. The fourth-order valence-corrected chi connectivity index (χ4v) is 3.17. The van der Waals surface area contributed by atoms with Gasteiger partial charge in [0.25, 0.3) is 0 Å². The van der Waals surface area contributed by atoms with Crippen molar-refractivity contribution in [2.75, 3.05) is 18.4 Å². The number of urea groups is 1. The second-order valence-electron chi connectivity index (χ2n) is 5.35. The molecule has 0 saturated carbocycles. The molecule has 1 aliphatic heterocycles. The molecule has 2 amide bonds. The summed E-state index contributed by atoms with van der Waals surface area (Å²) < 4.78 is 0. The van der Waals surface area contributed by atoms with Crippen LogP contribution >= 0.6 is 11.3 Å². The number of amides is 2. The van der Waals surface area contributed by atoms with E-state index in [9.17, 15) is 9.90 Å². The van der Waals surface area contributed by atoms with E-state index in [0.29, 0.717) is 18.2 Å². The highest BCUT2D eigenvalue weighted by Crippen LogP contribution is 2.30. The van der Waals surface area contributed by atoms with Crippen LogP contribution in [0.2, 0.25) is 0 Å². The van der Waals surface area contributed by atoms with Gasteiger partial charge in [0.05, 0.1) is 6.10 Å². The molecule has 7 heteroatoms. The molecule has 0 bridgehead atoms. The van der Waals surface area contributed by atoms with Crippen LogP contribution in [0.25, 0.3) is 0 Å². The SMILES string of the molecule is O=C(Nc1nncs1)N1CCC([C@@H](O)c2ccccc2)CC1. The molecule has 6 nitrogen and oxygen atoms in total. The van der Waals surface area contributed by atoms with Gasteiger partial charge >= 0.3 is 6.03 Å². The first-order chi connectivity index (χ1) is 10.7. The molecule has 1 aromatic heterocycles. The van der Waals surface area contributed by atoms with E-state index in [0.717, 1.165) is 18.4 Å². The van der Waals surface area contributed by atoms with Crippen molar-refractivity contribution in [3.05, 3.63) is 41.4 Å². The Morgan fingerprint density at radius 1 is 1.32 bits per heavy atom. The van der Waals surface area contributed by atoms with Gasteiger partial charge in [-0.1, -0.05) is 41.7 Å². The maximum Gasteiger partial charge on any atom is 0.323 e. The first-order valence-corrected chi connectivity index (χ1v) is 8.17. The summed E-state index contributed by atoms with van der Waals surface area (Å²) in [7, 11) is 0. The maximum atomic E-state index is 12.1. The van der Waals surface area contributed by atoms with Crippen molar-refractivity contribution in [3.8, 4) is 0 Å². The zero-order chi connectivity index (χ0) is 15.4. The molecule has 22 heavy (non-hydrogen) atoms. The average molecular weight is 318 g/mol. The number of rotatable bonds is 3. The van der Waals surface area contributed by atoms with Crippen molar-refractivity contribution < 1.29 is 9.90 Å². The number of aliphatic hydroxyl groups is 1. The minimum atomic E-state index is -0.463. The van der Waals surface area contributed by atoms with Gasteiger partial charge in [0, 0.05) is 13.1 Å². The quantitative estimate of drug-likeness (QED) is 0.911. The van der Waals surface area contributed by atoms with Gasteiger partial charge in [0.2, 0.25) is 5.13 Å². The van der Waals surface area contributed by atoms with Crippen molar-refractivity contribution in [2.45, 2.75) is 18.9 Å². The van der Waals surface area contributed by atoms with Crippen LogP contribution in [0, 0.1) is 5.92 Å². The lowest BCUT2D eigenvalue weighted by molar-refractivity contribution is 0.0683. The molecule has 1 atom stereocenters. The van der Waals surface area contributed by atoms with E-state index in [-0.39, 0.29) is 11.9 Å². The molecule has 116 valence electrons. The van der Waals surface area contributed by atoms with E-state index in [1.54, 1.807) is 10.4 Å². The maximum absolute atomic E-state index is 12.1. The van der Waals surface area contributed by atoms with Gasteiger partial charge in [-0.25, -0.2) is 4.79 Å². The van der Waals surface area contributed by atoms with Crippen molar-refractivity contribution in [1.29, 1.82) is 0 Å². The number of hydrogen-bond acceptors (Lipinski definition) is 5. The zero-order valence-corrected chi connectivity index (χ0v) is 12.9. The number of carbonyl (C=O) groups is 1. The molecule has 2 heterocycles. The third-order valence-electron chi connectivity index (χ3n) is 3.99. The van der Waals surface area contributed by atoms with Crippen molar-refractivity contribution in [1.82, 2.24) is 15.1 Å². The molecular formula is C15H18N4O2S. The van der Waals surface area contributed by atoms with Crippen LogP contribution in [-0.2, 0) is 0 Å². The van der Waals surface area contributed by atoms with Gasteiger partial charge in [0.1, 0.15) is 5.51 Å². The van der Waals surface area contributed by atoms with Crippen LogP contribution in [0.3, 0.4) is 0 Å². The van der Waals surface area contributed by atoms with E-state index >= 15 is 0 Å². The number of aliphatic hydroxyl groups excluding tert-OH is 1. The van der Waals surface area contributed by atoms with Crippen molar-refractivity contribution >= 4 is 22.5 Å². The Bertz CT molecular complexity index is 597. The number of nitrogens with one attached hydrogen (secondary N) is 1. The third-order valence-corrected chi connectivity index (χ3v) is 4.60. The predicted molar refractivity (Wildman–Crippen MR) is 84.6 cm³/mol. The third kappa shape index (κ3) is 3.42. The summed E-state index contributed by atoms with van der Waals surface area (Å²) in [6.07, 6.45) is 1.12. The number of aromatic nitrogens is 2. The zero-order valence-electron chi connectivity index (χ0n) is 12.1. The number of anilines is 1. The molecule has 0 unspecified atom stereocenters. The van der Waals surface area contributed by atoms with Crippen LogP contribution in [0.4, 0.5) is 9.93 Å². The molecule has 0 radical (unpaired) electrons. The topological polar surface area (TPSA) is 78.4 Å². The van der Waals surface area contributed by atoms with E-state index in [4.69, 9.17) is 0 Å². The van der Waals surface area contributed by atoms with Gasteiger partial charge in [-0.05, 0) is 24.3 Å². The fourth-order valence-electron chi connectivity index (χ4n) is 2.74. The summed E-state index contributed by atoms with van der Waals surface area (Å²) in [5.41, 5.74) is 2.53. The van der Waals surface area contributed by atoms with Crippen LogP contribution in [0.5, 0.6) is 0 Å². The Morgan fingerprint density at radius 3 is 2.68 bits per heavy atom. The number of benzene rings is 1. The molecule has 2 aromatic rings. The van der Waals surface area contributed by atoms with Crippen LogP contribution in [0.15, 0.2) is 35.8 Å². The smallest absolute Gasteiger partial charge is 0.323 e. The Balaban J connectivity index is 1.53. The lowest BCUT2D eigenvalue weighted by Crippen LogP contribution is -2.42. The number of nitrogens with zero attached hydrogens (tertiary/aromatic N) is 3. The molecule has 3 rings (SSSR count). The predicted octanol–water partition coefficient (Wildman–Crippen LogP) is 2.52. The molecule has 1 fully saturated rings. The minimum Gasteiger partial charge on any atom is -0.388 e. The summed E-state index contributed by atoms with van der Waals surface area (Å²) in [5.74, 6) is 0.188. The summed E-state index contributed by atoms with van der Waals surface area (Å²) in [5, 5.41) is 21.2. The Labute approximate surface area is 132 Å². The monoisotopic (exact) mass is 318 g/mol. The highest BCUT2D eigenvalue weighted by atomic mass is 32.1. The average Bonchev–Trinajstić information content (AvgIpc) is 3.08. The van der Waals surface area contributed by atoms with E-state index in [2.05, 4.69) is 15.5 Å². The van der Waals surface area contributed by atoms with E-state index in [1.165, 1.54) is 11.3 Å². The molecule has 1 aromatic carbocycles. The van der Waals surface area contributed by atoms with Gasteiger partial charge in [0.15, 0.2) is 0 Å². The van der Waals surface area contributed by atoms with Crippen LogP contribution in [-0.4, -0.2) is 39.3 Å². The highest BCUT2D eigenvalue weighted by molar-refractivity contribution is 7.13. The molecule has 1 saturated heterocycles. The van der Waals surface area contributed by atoms with Crippen molar-refractivity contribution in [2.24, 2.45) is 5.92 Å². The minimum absolute atomic E-state index is 0.149. The van der Waals surface area contributed by atoms with Gasteiger partial charge < -0.3 is 10.0 Å². The fraction of sp³-hybridized carbons (Fsp3) is 0.400. The normalized spacial score (nSPS) is 17.2. The largest absolute Gasteiger partial charge is 0.388 e. The molecule has 1 aliphatic rings. The molecule has 0 spiro atoms. The number of carbonyl (C=O) groups excluding carboxylic acids is 1. The number of piperidine rings is 1. The van der Waals surface area contributed by atoms with Crippen LogP contribution in [0.1, 0.15) is 24.5 Å². The van der Waals surface area contributed by atoms with Gasteiger partial charge in [-0.3, -0.25) is 5.32 Å². The lowest BCUT2D eigenvalue weighted by atomic mass is 9.87. The number of hydrogen-bond donors (Lipinski definition) is 2. The van der Waals surface area contributed by atoms with Gasteiger partial charge in [-0.15, -0.1) is 10.2 Å². The summed E-state index contributed by atoms with van der Waals surface area (Å²) in [4.78, 5) is 13.9. The Morgan fingerprint density at radius 2 is 2.05 bits per heavy atom. The number of likely N-dealkylation sites (tertiary alicyclic amines) is 1.